The smallest absolute Gasteiger partial charge is 0.234 e. The number of hydrogen-bond donors (Lipinski definition) is 1. The van der Waals surface area contributed by atoms with Crippen molar-refractivity contribution < 1.29 is 9.59 Å². The number of likely N-dealkylation sites (tertiary alicyclic amines) is 2. The van der Waals surface area contributed by atoms with Gasteiger partial charge >= 0.3 is 0 Å². The third kappa shape index (κ3) is 3.87. The topological polar surface area (TPSA) is 66.6 Å². The highest BCUT2D eigenvalue weighted by atomic mass is 16.2. The highest BCUT2D eigenvalue weighted by molar-refractivity contribution is 5.84. The van der Waals surface area contributed by atoms with Crippen LogP contribution in [0.3, 0.4) is 0 Å². The minimum Gasteiger partial charge on any atom is -0.368 e. The first kappa shape index (κ1) is 17.9. The van der Waals surface area contributed by atoms with E-state index in [9.17, 15) is 9.59 Å². The molecule has 0 radical (unpaired) electrons. The van der Waals surface area contributed by atoms with Crippen molar-refractivity contribution in [3.05, 3.63) is 35.9 Å². The lowest BCUT2D eigenvalue weighted by Crippen LogP contribution is -2.51. The first-order valence-electron chi connectivity index (χ1n) is 9.50. The monoisotopic (exact) mass is 343 g/mol. The molecule has 1 aromatic rings. The highest BCUT2D eigenvalue weighted by Crippen LogP contribution is 2.28. The average Bonchev–Trinajstić information content (AvgIpc) is 3.13. The van der Waals surface area contributed by atoms with Gasteiger partial charge in [-0.1, -0.05) is 37.3 Å². The van der Waals surface area contributed by atoms with Gasteiger partial charge in [-0.05, 0) is 44.2 Å². The molecule has 5 heteroatoms. The molecule has 1 aromatic carbocycles. The Kier molecular flexibility index (Phi) is 5.74. The standard InChI is InChI=1S/C20H29N3O2/c1-2-17(15-7-4-3-5-8-15)20(25)22-13-10-16(11-14-22)23-12-6-9-18(23)19(21)24/h3-5,7-8,16-18H,2,6,9-14H2,1H3,(H2,21,24)/t17-,18-/m1/s1. The van der Waals surface area contributed by atoms with E-state index in [0.717, 1.165) is 57.3 Å². The fourth-order valence-corrected chi connectivity index (χ4v) is 4.41. The van der Waals surface area contributed by atoms with Gasteiger partial charge in [0.25, 0.3) is 0 Å². The molecule has 2 N–H and O–H groups in total. The summed E-state index contributed by atoms with van der Waals surface area (Å²) in [4.78, 5) is 28.9. The second kappa shape index (κ2) is 8.00. The van der Waals surface area contributed by atoms with Gasteiger partial charge in [0.05, 0.1) is 12.0 Å². The van der Waals surface area contributed by atoms with Crippen molar-refractivity contribution in [3.8, 4) is 0 Å². The molecule has 0 aliphatic carbocycles. The SMILES string of the molecule is CC[C@@H](C(=O)N1CCC(N2CCC[C@@H]2C(N)=O)CC1)c1ccccc1. The van der Waals surface area contributed by atoms with Gasteiger partial charge in [0.1, 0.15) is 0 Å². The van der Waals surface area contributed by atoms with E-state index in [1.807, 2.05) is 35.2 Å². The lowest BCUT2D eigenvalue weighted by Gasteiger charge is -2.39. The zero-order chi connectivity index (χ0) is 17.8. The summed E-state index contributed by atoms with van der Waals surface area (Å²) in [6, 6.07) is 10.3. The Bertz CT molecular complexity index is 596. The van der Waals surface area contributed by atoms with Gasteiger partial charge in [0.2, 0.25) is 11.8 Å². The van der Waals surface area contributed by atoms with E-state index in [2.05, 4.69) is 11.8 Å². The summed E-state index contributed by atoms with van der Waals surface area (Å²) in [6.07, 6.45) is 4.60. The Morgan fingerprint density at radius 2 is 1.80 bits per heavy atom. The van der Waals surface area contributed by atoms with Gasteiger partial charge in [-0.3, -0.25) is 14.5 Å². The van der Waals surface area contributed by atoms with Crippen molar-refractivity contribution >= 4 is 11.8 Å². The Balaban J connectivity index is 1.60. The van der Waals surface area contributed by atoms with Crippen LogP contribution in [0.25, 0.3) is 0 Å². The zero-order valence-corrected chi connectivity index (χ0v) is 15.1. The minimum absolute atomic E-state index is 0.0529. The maximum absolute atomic E-state index is 13.0. The molecule has 0 unspecified atom stereocenters. The molecule has 0 spiro atoms. The number of nitrogens with zero attached hydrogens (tertiary/aromatic N) is 2. The van der Waals surface area contributed by atoms with Crippen LogP contribution in [0.4, 0.5) is 0 Å². The molecule has 0 aromatic heterocycles. The quantitative estimate of drug-likeness (QED) is 0.890. The molecule has 2 heterocycles. The van der Waals surface area contributed by atoms with E-state index in [1.54, 1.807) is 0 Å². The molecule has 0 saturated carbocycles. The third-order valence-corrected chi connectivity index (χ3v) is 5.78. The average molecular weight is 343 g/mol. The second-order valence-electron chi connectivity index (χ2n) is 7.23. The number of nitrogens with two attached hydrogens (primary N) is 1. The largest absolute Gasteiger partial charge is 0.368 e. The van der Waals surface area contributed by atoms with Crippen LogP contribution < -0.4 is 5.73 Å². The van der Waals surface area contributed by atoms with Crippen LogP contribution in [-0.4, -0.2) is 53.3 Å². The van der Waals surface area contributed by atoms with Gasteiger partial charge in [0, 0.05) is 19.1 Å². The first-order valence-corrected chi connectivity index (χ1v) is 9.50. The summed E-state index contributed by atoms with van der Waals surface area (Å²) < 4.78 is 0. The Morgan fingerprint density at radius 1 is 1.12 bits per heavy atom. The molecule has 2 atom stereocenters. The second-order valence-corrected chi connectivity index (χ2v) is 7.23. The van der Waals surface area contributed by atoms with Gasteiger partial charge in [-0.2, -0.15) is 0 Å². The number of piperidine rings is 1. The van der Waals surface area contributed by atoms with Crippen molar-refractivity contribution in [2.24, 2.45) is 5.73 Å². The van der Waals surface area contributed by atoms with Crippen molar-refractivity contribution in [2.75, 3.05) is 19.6 Å². The van der Waals surface area contributed by atoms with Crippen LogP contribution in [0.1, 0.15) is 50.5 Å². The van der Waals surface area contributed by atoms with Crippen LogP contribution in [0, 0.1) is 0 Å². The molecule has 136 valence electrons. The van der Waals surface area contributed by atoms with Crippen molar-refractivity contribution in [2.45, 2.75) is 57.0 Å². The Labute approximate surface area is 150 Å². The summed E-state index contributed by atoms with van der Waals surface area (Å²) in [5.74, 6) is -0.0194. The van der Waals surface area contributed by atoms with Crippen LogP contribution in [-0.2, 0) is 9.59 Å². The predicted octanol–water partition coefficient (Wildman–Crippen LogP) is 2.12. The fourth-order valence-electron chi connectivity index (χ4n) is 4.41. The van der Waals surface area contributed by atoms with Crippen LogP contribution >= 0.6 is 0 Å². The van der Waals surface area contributed by atoms with E-state index in [0.29, 0.717) is 6.04 Å². The Hall–Kier alpha value is -1.88. The Morgan fingerprint density at radius 3 is 2.40 bits per heavy atom. The first-order chi connectivity index (χ1) is 12.1. The summed E-state index contributed by atoms with van der Waals surface area (Å²) in [7, 11) is 0. The lowest BCUT2D eigenvalue weighted by atomic mass is 9.93. The van der Waals surface area contributed by atoms with Crippen molar-refractivity contribution in [3.63, 3.8) is 0 Å². The maximum atomic E-state index is 13.0. The van der Waals surface area contributed by atoms with E-state index >= 15 is 0 Å². The number of amides is 2. The highest BCUT2D eigenvalue weighted by Gasteiger charge is 2.37. The molecule has 25 heavy (non-hydrogen) atoms. The number of primary amides is 1. The molecule has 2 saturated heterocycles. The van der Waals surface area contributed by atoms with Gasteiger partial charge < -0.3 is 10.6 Å². The lowest BCUT2D eigenvalue weighted by molar-refractivity contribution is -0.135. The van der Waals surface area contributed by atoms with Crippen LogP contribution in [0.2, 0.25) is 0 Å². The van der Waals surface area contributed by atoms with E-state index in [1.165, 1.54) is 0 Å². The van der Waals surface area contributed by atoms with Gasteiger partial charge in [0.15, 0.2) is 0 Å². The molecular weight excluding hydrogens is 314 g/mol. The zero-order valence-electron chi connectivity index (χ0n) is 15.1. The molecule has 3 rings (SSSR count). The van der Waals surface area contributed by atoms with Crippen LogP contribution in [0.5, 0.6) is 0 Å². The molecule has 2 aliphatic rings. The summed E-state index contributed by atoms with van der Waals surface area (Å²) >= 11 is 0. The molecular formula is C20H29N3O2. The molecule has 2 aliphatic heterocycles. The van der Waals surface area contributed by atoms with E-state index < -0.39 is 0 Å². The van der Waals surface area contributed by atoms with Gasteiger partial charge in [-0.15, -0.1) is 0 Å². The third-order valence-electron chi connectivity index (χ3n) is 5.78. The van der Waals surface area contributed by atoms with E-state index in [4.69, 9.17) is 5.73 Å². The minimum atomic E-state index is -0.203. The summed E-state index contributed by atoms with van der Waals surface area (Å²) in [5, 5.41) is 0. The van der Waals surface area contributed by atoms with Crippen molar-refractivity contribution in [1.29, 1.82) is 0 Å². The molecule has 0 bridgehead atoms. The normalized spacial score (nSPS) is 23.6. The van der Waals surface area contributed by atoms with Gasteiger partial charge in [-0.25, -0.2) is 0 Å². The predicted molar refractivity (Wildman–Crippen MR) is 98.0 cm³/mol. The summed E-state index contributed by atoms with van der Waals surface area (Å²) in [6.45, 7) is 4.57. The van der Waals surface area contributed by atoms with Crippen LogP contribution in [0.15, 0.2) is 30.3 Å². The number of carbonyl (C=O) groups excluding carboxylic acids is 2. The van der Waals surface area contributed by atoms with Crippen molar-refractivity contribution in [1.82, 2.24) is 9.80 Å². The maximum Gasteiger partial charge on any atom is 0.234 e. The molecule has 5 nitrogen and oxygen atoms in total. The molecule has 2 fully saturated rings. The number of carbonyl (C=O) groups is 2. The van der Waals surface area contributed by atoms with E-state index in [-0.39, 0.29) is 23.8 Å². The number of hydrogen-bond acceptors (Lipinski definition) is 3. The summed E-state index contributed by atoms with van der Waals surface area (Å²) in [5.41, 5.74) is 6.65. The fraction of sp³-hybridized carbons (Fsp3) is 0.600. The number of rotatable bonds is 5. The molecule has 2 amide bonds. The number of benzene rings is 1.